The Labute approximate surface area is 116 Å². The Morgan fingerprint density at radius 2 is 2.20 bits per heavy atom. The number of aliphatic hydroxyl groups excluding tert-OH is 1. The molecule has 20 heavy (non-hydrogen) atoms. The molecule has 1 aromatic heterocycles. The van der Waals surface area contributed by atoms with Crippen LogP contribution in [0, 0.1) is 0 Å². The van der Waals surface area contributed by atoms with Crippen molar-refractivity contribution in [1.82, 2.24) is 15.1 Å². The molecule has 0 fully saturated rings. The molecule has 1 unspecified atom stereocenters. The molecule has 6 nitrogen and oxygen atoms in total. The zero-order valence-corrected chi connectivity index (χ0v) is 11.2. The Hall–Kier alpha value is -2.21. The van der Waals surface area contributed by atoms with E-state index in [9.17, 15) is 9.59 Å². The molecule has 2 rings (SSSR count). The van der Waals surface area contributed by atoms with Crippen molar-refractivity contribution in [2.45, 2.75) is 25.9 Å². The van der Waals surface area contributed by atoms with Crippen molar-refractivity contribution >= 4 is 16.8 Å². The van der Waals surface area contributed by atoms with Gasteiger partial charge < -0.3 is 10.4 Å². The summed E-state index contributed by atoms with van der Waals surface area (Å²) < 4.78 is 1.64. The van der Waals surface area contributed by atoms with Gasteiger partial charge in [0.2, 0.25) is 11.3 Å². The molecule has 0 saturated heterocycles. The number of aromatic nitrogens is 2. The number of aryl methyl sites for hydroxylation is 1. The lowest BCUT2D eigenvalue weighted by Crippen LogP contribution is -2.35. The van der Waals surface area contributed by atoms with E-state index in [1.165, 1.54) is 6.20 Å². The van der Waals surface area contributed by atoms with E-state index in [1.54, 1.807) is 29.8 Å². The molecule has 1 heterocycles. The molecule has 0 aliphatic carbocycles. The Morgan fingerprint density at radius 3 is 2.95 bits per heavy atom. The van der Waals surface area contributed by atoms with Crippen molar-refractivity contribution in [1.29, 1.82) is 0 Å². The van der Waals surface area contributed by atoms with Gasteiger partial charge in [0.25, 0.3) is 0 Å². The van der Waals surface area contributed by atoms with Gasteiger partial charge in [-0.05, 0) is 19.1 Å². The first-order valence-electron chi connectivity index (χ1n) is 6.47. The maximum atomic E-state index is 11.7. The highest BCUT2D eigenvalue weighted by Gasteiger charge is 2.08. The fourth-order valence-corrected chi connectivity index (χ4v) is 1.94. The Kier molecular flexibility index (Phi) is 4.47. The van der Waals surface area contributed by atoms with Crippen LogP contribution in [-0.2, 0) is 11.3 Å². The highest BCUT2D eigenvalue weighted by molar-refractivity contribution is 5.79. The summed E-state index contributed by atoms with van der Waals surface area (Å²) in [5, 5.41) is 16.2. The Bertz CT molecular complexity index is 666. The number of nitrogens with zero attached hydrogens (tertiary/aromatic N) is 2. The zero-order valence-electron chi connectivity index (χ0n) is 11.2. The maximum absolute atomic E-state index is 11.7. The van der Waals surface area contributed by atoms with Gasteiger partial charge in [-0.3, -0.25) is 14.3 Å². The lowest BCUT2D eigenvalue weighted by Gasteiger charge is -2.12. The standard InChI is InChI=1S/C14H17N3O3/c1-10(9-18)16-14(20)6-7-17-12-5-3-2-4-11(12)13(19)8-15-17/h2-5,8,10,18H,6-7,9H2,1H3,(H,16,20). The fraction of sp³-hybridized carbons (Fsp3) is 0.357. The second kappa shape index (κ2) is 6.29. The average molecular weight is 275 g/mol. The topological polar surface area (TPSA) is 84.2 Å². The van der Waals surface area contributed by atoms with E-state index in [2.05, 4.69) is 10.4 Å². The average Bonchev–Trinajstić information content (AvgIpc) is 2.46. The van der Waals surface area contributed by atoms with E-state index in [0.717, 1.165) is 0 Å². The molecule has 2 N–H and O–H groups in total. The first-order valence-corrected chi connectivity index (χ1v) is 6.47. The maximum Gasteiger partial charge on any atom is 0.222 e. The third kappa shape index (κ3) is 3.21. The minimum absolute atomic E-state index is 0.0923. The molecule has 0 saturated carbocycles. The van der Waals surface area contributed by atoms with Gasteiger partial charge >= 0.3 is 0 Å². The molecule has 1 aromatic carbocycles. The number of hydrogen-bond donors (Lipinski definition) is 2. The van der Waals surface area contributed by atoms with Crippen molar-refractivity contribution in [2.75, 3.05) is 6.61 Å². The lowest BCUT2D eigenvalue weighted by atomic mass is 10.2. The van der Waals surface area contributed by atoms with Crippen molar-refractivity contribution in [3.63, 3.8) is 0 Å². The number of nitrogens with one attached hydrogen (secondary N) is 1. The van der Waals surface area contributed by atoms with Crippen LogP contribution in [-0.4, -0.2) is 33.4 Å². The van der Waals surface area contributed by atoms with Crippen molar-refractivity contribution in [3.05, 3.63) is 40.7 Å². The van der Waals surface area contributed by atoms with Gasteiger partial charge in [0, 0.05) is 17.8 Å². The molecule has 0 spiro atoms. The number of aliphatic hydroxyl groups is 1. The predicted molar refractivity (Wildman–Crippen MR) is 75.3 cm³/mol. The van der Waals surface area contributed by atoms with Crippen LogP contribution in [0.15, 0.2) is 35.3 Å². The predicted octanol–water partition coefficient (Wildman–Crippen LogP) is 0.284. The second-order valence-electron chi connectivity index (χ2n) is 4.65. The van der Waals surface area contributed by atoms with E-state index < -0.39 is 0 Å². The number of rotatable bonds is 5. The van der Waals surface area contributed by atoms with Gasteiger partial charge in [0.15, 0.2) is 0 Å². The van der Waals surface area contributed by atoms with Crippen LogP contribution in [0.25, 0.3) is 10.9 Å². The number of hydrogen-bond acceptors (Lipinski definition) is 4. The first-order chi connectivity index (χ1) is 9.61. The molecule has 6 heteroatoms. The molecule has 0 aliphatic rings. The smallest absolute Gasteiger partial charge is 0.222 e. The van der Waals surface area contributed by atoms with Crippen LogP contribution < -0.4 is 10.7 Å². The van der Waals surface area contributed by atoms with E-state index in [-0.39, 0.29) is 30.4 Å². The van der Waals surface area contributed by atoms with E-state index in [1.807, 2.05) is 6.07 Å². The third-order valence-corrected chi connectivity index (χ3v) is 2.99. The number of para-hydroxylation sites is 1. The SMILES string of the molecule is CC(CO)NC(=O)CCn1ncc(=O)c2ccccc21. The molecule has 0 radical (unpaired) electrons. The number of benzene rings is 1. The normalized spacial score (nSPS) is 12.3. The number of carbonyl (C=O) groups excluding carboxylic acids is 1. The van der Waals surface area contributed by atoms with Crippen LogP contribution in [0.4, 0.5) is 0 Å². The number of fused-ring (bicyclic) bond motifs is 1. The third-order valence-electron chi connectivity index (χ3n) is 2.99. The molecular formula is C14H17N3O3. The molecule has 1 atom stereocenters. The van der Waals surface area contributed by atoms with Crippen molar-refractivity contribution in [3.8, 4) is 0 Å². The minimum Gasteiger partial charge on any atom is -0.394 e. The monoisotopic (exact) mass is 275 g/mol. The van der Waals surface area contributed by atoms with Gasteiger partial charge in [-0.2, -0.15) is 5.10 Å². The molecule has 106 valence electrons. The highest BCUT2D eigenvalue weighted by Crippen LogP contribution is 2.08. The van der Waals surface area contributed by atoms with Gasteiger partial charge in [0.1, 0.15) is 0 Å². The van der Waals surface area contributed by atoms with Crippen LogP contribution >= 0.6 is 0 Å². The summed E-state index contributed by atoms with van der Waals surface area (Å²) >= 11 is 0. The number of amides is 1. The summed E-state index contributed by atoms with van der Waals surface area (Å²) in [6.07, 6.45) is 1.50. The van der Waals surface area contributed by atoms with Crippen LogP contribution in [0.3, 0.4) is 0 Å². The van der Waals surface area contributed by atoms with Gasteiger partial charge in [-0.25, -0.2) is 0 Å². The summed E-state index contributed by atoms with van der Waals surface area (Å²) in [5.74, 6) is -0.156. The molecular weight excluding hydrogens is 258 g/mol. The lowest BCUT2D eigenvalue weighted by molar-refractivity contribution is -0.122. The van der Waals surface area contributed by atoms with Gasteiger partial charge in [-0.1, -0.05) is 12.1 Å². The minimum atomic E-state index is -0.263. The quantitative estimate of drug-likeness (QED) is 0.821. The Morgan fingerprint density at radius 1 is 1.45 bits per heavy atom. The molecule has 0 aliphatic heterocycles. The van der Waals surface area contributed by atoms with E-state index in [0.29, 0.717) is 17.4 Å². The fourth-order valence-electron chi connectivity index (χ4n) is 1.94. The van der Waals surface area contributed by atoms with Crippen molar-refractivity contribution < 1.29 is 9.90 Å². The molecule has 1 amide bonds. The van der Waals surface area contributed by atoms with Crippen LogP contribution in [0.2, 0.25) is 0 Å². The summed E-state index contributed by atoms with van der Waals surface area (Å²) in [6.45, 7) is 2.01. The Balaban J connectivity index is 2.13. The summed E-state index contributed by atoms with van der Waals surface area (Å²) in [7, 11) is 0. The molecule has 0 bridgehead atoms. The first kappa shape index (κ1) is 14.2. The zero-order chi connectivity index (χ0) is 14.5. The molecule has 2 aromatic rings. The van der Waals surface area contributed by atoms with E-state index in [4.69, 9.17) is 5.11 Å². The summed E-state index contributed by atoms with van der Waals surface area (Å²) in [5.41, 5.74) is 0.582. The van der Waals surface area contributed by atoms with Crippen molar-refractivity contribution in [2.24, 2.45) is 0 Å². The second-order valence-corrected chi connectivity index (χ2v) is 4.65. The number of carbonyl (C=O) groups is 1. The van der Waals surface area contributed by atoms with Crippen LogP contribution in [0.5, 0.6) is 0 Å². The van der Waals surface area contributed by atoms with Gasteiger partial charge in [0.05, 0.1) is 24.9 Å². The van der Waals surface area contributed by atoms with E-state index >= 15 is 0 Å². The summed E-state index contributed by atoms with van der Waals surface area (Å²) in [4.78, 5) is 23.3. The largest absolute Gasteiger partial charge is 0.394 e. The highest BCUT2D eigenvalue weighted by atomic mass is 16.3. The summed E-state index contributed by atoms with van der Waals surface area (Å²) in [6, 6.07) is 6.90. The van der Waals surface area contributed by atoms with Gasteiger partial charge in [-0.15, -0.1) is 0 Å². The van der Waals surface area contributed by atoms with Crippen LogP contribution in [0.1, 0.15) is 13.3 Å².